The van der Waals surface area contributed by atoms with Crippen molar-refractivity contribution in [2.75, 3.05) is 5.32 Å². The molecule has 0 amide bonds. The van der Waals surface area contributed by atoms with Crippen LogP contribution < -0.4 is 10.9 Å². The van der Waals surface area contributed by atoms with Crippen molar-refractivity contribution in [2.24, 2.45) is 0 Å². The van der Waals surface area contributed by atoms with Crippen LogP contribution in [0, 0.1) is 0 Å². The number of nitrogens with zero attached hydrogens (tertiary/aromatic N) is 2. The van der Waals surface area contributed by atoms with E-state index >= 15 is 0 Å². The van der Waals surface area contributed by atoms with Gasteiger partial charge in [-0.1, -0.05) is 60.7 Å². The van der Waals surface area contributed by atoms with Gasteiger partial charge in [0.25, 0.3) is 5.56 Å². The number of anilines is 2. The molecule has 2 aromatic heterocycles. The highest BCUT2D eigenvalue weighted by molar-refractivity contribution is 6.03. The molecule has 28 heavy (non-hydrogen) atoms. The van der Waals surface area contributed by atoms with Gasteiger partial charge in [0.05, 0.1) is 5.39 Å². The number of pyridine rings is 1. The Balaban J connectivity index is 1.70. The molecule has 0 aliphatic rings. The lowest BCUT2D eigenvalue weighted by molar-refractivity contribution is 1.14. The summed E-state index contributed by atoms with van der Waals surface area (Å²) < 4.78 is 0. The molecule has 2 heterocycles. The summed E-state index contributed by atoms with van der Waals surface area (Å²) in [5, 5.41) is 5.81. The molecule has 5 aromatic rings. The minimum absolute atomic E-state index is 0.223. The Labute approximate surface area is 160 Å². The van der Waals surface area contributed by atoms with Gasteiger partial charge in [0, 0.05) is 17.4 Å². The third-order valence-corrected chi connectivity index (χ3v) is 4.72. The normalized spacial score (nSPS) is 11.0. The van der Waals surface area contributed by atoms with Crippen molar-refractivity contribution in [1.82, 2.24) is 15.0 Å². The minimum Gasteiger partial charge on any atom is -0.326 e. The molecule has 2 N–H and O–H groups in total. The number of rotatable bonds is 3. The first-order valence-corrected chi connectivity index (χ1v) is 8.99. The van der Waals surface area contributed by atoms with Gasteiger partial charge in [-0.15, -0.1) is 0 Å². The first kappa shape index (κ1) is 16.2. The highest BCUT2D eigenvalue weighted by atomic mass is 16.1. The van der Waals surface area contributed by atoms with Gasteiger partial charge in [-0.25, -0.2) is 4.98 Å². The lowest BCUT2D eigenvalue weighted by atomic mass is 9.97. The number of hydrogen-bond donors (Lipinski definition) is 2. The summed E-state index contributed by atoms with van der Waals surface area (Å²) in [6.45, 7) is 0. The third-order valence-electron chi connectivity index (χ3n) is 4.72. The number of nitrogens with one attached hydrogen (secondary N) is 2. The molecule has 5 heteroatoms. The molecule has 0 radical (unpaired) electrons. The summed E-state index contributed by atoms with van der Waals surface area (Å²) in [6.07, 6.45) is 1.69. The molecule has 0 spiro atoms. The fourth-order valence-corrected chi connectivity index (χ4v) is 3.47. The molecule has 5 rings (SSSR count). The van der Waals surface area contributed by atoms with Crippen molar-refractivity contribution >= 4 is 33.4 Å². The highest BCUT2D eigenvalue weighted by Gasteiger charge is 2.13. The number of aromatic amines is 1. The average Bonchev–Trinajstić information content (AvgIpc) is 2.73. The molecule has 5 nitrogen and oxygen atoms in total. The number of aromatic nitrogens is 3. The van der Waals surface area contributed by atoms with Crippen LogP contribution in [0.3, 0.4) is 0 Å². The molecule has 0 aliphatic carbocycles. The van der Waals surface area contributed by atoms with Crippen molar-refractivity contribution in [1.29, 1.82) is 0 Å². The molecule has 0 saturated carbocycles. The first-order valence-electron chi connectivity index (χ1n) is 8.99. The van der Waals surface area contributed by atoms with E-state index in [1.54, 1.807) is 6.20 Å². The predicted molar refractivity (Wildman–Crippen MR) is 113 cm³/mol. The van der Waals surface area contributed by atoms with Crippen LogP contribution in [0.5, 0.6) is 0 Å². The van der Waals surface area contributed by atoms with Gasteiger partial charge in [0.1, 0.15) is 0 Å². The lowest BCUT2D eigenvalue weighted by Gasteiger charge is -2.10. The van der Waals surface area contributed by atoms with E-state index in [4.69, 9.17) is 0 Å². The van der Waals surface area contributed by atoms with E-state index < -0.39 is 0 Å². The summed E-state index contributed by atoms with van der Waals surface area (Å²) in [5.74, 6) is 0.367. The molecule has 0 unspecified atom stereocenters. The Hall–Kier alpha value is -3.99. The quantitative estimate of drug-likeness (QED) is 0.478. The Bertz CT molecular complexity index is 1350. The van der Waals surface area contributed by atoms with Crippen LogP contribution in [0.1, 0.15) is 0 Å². The Morgan fingerprint density at radius 3 is 2.46 bits per heavy atom. The average molecular weight is 364 g/mol. The number of hydrogen-bond acceptors (Lipinski definition) is 4. The predicted octanol–water partition coefficient (Wildman–Crippen LogP) is 4.88. The van der Waals surface area contributed by atoms with Crippen LogP contribution in [-0.4, -0.2) is 15.0 Å². The monoisotopic (exact) mass is 364 g/mol. The second-order valence-electron chi connectivity index (χ2n) is 6.49. The van der Waals surface area contributed by atoms with Gasteiger partial charge < -0.3 is 5.32 Å². The second-order valence-corrected chi connectivity index (χ2v) is 6.49. The zero-order valence-electron chi connectivity index (χ0n) is 14.9. The maximum Gasteiger partial charge on any atom is 0.262 e. The fourth-order valence-electron chi connectivity index (χ4n) is 3.47. The van der Waals surface area contributed by atoms with Crippen molar-refractivity contribution in [2.45, 2.75) is 0 Å². The molecule has 0 bridgehead atoms. The first-order chi connectivity index (χ1) is 13.8. The van der Waals surface area contributed by atoms with E-state index in [0.29, 0.717) is 17.0 Å². The molecular formula is C23H16N4O. The Morgan fingerprint density at radius 2 is 1.57 bits per heavy atom. The van der Waals surface area contributed by atoms with E-state index in [1.165, 1.54) is 0 Å². The van der Waals surface area contributed by atoms with Crippen molar-refractivity contribution in [3.05, 3.63) is 95.4 Å². The Kier molecular flexibility index (Phi) is 3.84. The Morgan fingerprint density at radius 1 is 0.786 bits per heavy atom. The smallest absolute Gasteiger partial charge is 0.262 e. The molecule has 134 valence electrons. The molecule has 0 aliphatic heterocycles. The van der Waals surface area contributed by atoms with E-state index in [1.807, 2.05) is 60.7 Å². The standard InChI is InChI=1S/C23H16N4O/c28-22-20-19(18-12-6-8-15-7-4-5-11-17(15)18)13-14-24-21(20)26-23(27-22)25-16-9-2-1-3-10-16/h1-14H,(H2,24,25,26,27,28). The van der Waals surface area contributed by atoms with E-state index in [2.05, 4.69) is 38.5 Å². The van der Waals surface area contributed by atoms with E-state index in [9.17, 15) is 4.79 Å². The largest absolute Gasteiger partial charge is 0.326 e. The zero-order chi connectivity index (χ0) is 18.9. The van der Waals surface area contributed by atoms with Crippen molar-refractivity contribution < 1.29 is 0 Å². The SMILES string of the molecule is O=c1[nH]c(Nc2ccccc2)nc2nccc(-c3cccc4ccccc34)c12. The van der Waals surface area contributed by atoms with Crippen LogP contribution in [0.15, 0.2) is 89.9 Å². The molecule has 0 saturated heterocycles. The maximum atomic E-state index is 12.9. The van der Waals surface area contributed by atoms with Crippen molar-refractivity contribution in [3.8, 4) is 11.1 Å². The molecular weight excluding hydrogens is 348 g/mol. The molecule has 0 fully saturated rings. The second kappa shape index (κ2) is 6.63. The number of fused-ring (bicyclic) bond motifs is 2. The number of benzene rings is 3. The van der Waals surface area contributed by atoms with Crippen LogP contribution in [0.25, 0.3) is 32.9 Å². The number of H-pyrrole nitrogens is 1. The van der Waals surface area contributed by atoms with Gasteiger partial charge in [0.2, 0.25) is 5.95 Å². The summed E-state index contributed by atoms with van der Waals surface area (Å²) in [6, 6.07) is 25.6. The van der Waals surface area contributed by atoms with Gasteiger partial charge >= 0.3 is 0 Å². The number of para-hydroxylation sites is 1. The van der Waals surface area contributed by atoms with Crippen LogP contribution in [0.4, 0.5) is 11.6 Å². The van der Waals surface area contributed by atoms with Crippen molar-refractivity contribution in [3.63, 3.8) is 0 Å². The van der Waals surface area contributed by atoms with Crippen LogP contribution in [0.2, 0.25) is 0 Å². The minimum atomic E-state index is -0.223. The fraction of sp³-hybridized carbons (Fsp3) is 0. The summed E-state index contributed by atoms with van der Waals surface area (Å²) >= 11 is 0. The maximum absolute atomic E-state index is 12.9. The summed E-state index contributed by atoms with van der Waals surface area (Å²) in [7, 11) is 0. The van der Waals surface area contributed by atoms with Gasteiger partial charge in [0.15, 0.2) is 5.65 Å². The molecule has 0 atom stereocenters. The third kappa shape index (κ3) is 2.79. The molecule has 3 aromatic carbocycles. The summed E-state index contributed by atoms with van der Waals surface area (Å²) in [4.78, 5) is 24.6. The van der Waals surface area contributed by atoms with Gasteiger partial charge in [-0.3, -0.25) is 9.78 Å². The van der Waals surface area contributed by atoms with Gasteiger partial charge in [-0.2, -0.15) is 4.98 Å². The van der Waals surface area contributed by atoms with Gasteiger partial charge in [-0.05, 0) is 34.5 Å². The van der Waals surface area contributed by atoms with E-state index in [-0.39, 0.29) is 5.56 Å². The van der Waals surface area contributed by atoms with E-state index in [0.717, 1.165) is 27.6 Å². The lowest BCUT2D eigenvalue weighted by Crippen LogP contribution is -2.13. The summed E-state index contributed by atoms with van der Waals surface area (Å²) in [5.41, 5.74) is 2.84. The zero-order valence-corrected chi connectivity index (χ0v) is 14.9. The van der Waals surface area contributed by atoms with Crippen LogP contribution >= 0.6 is 0 Å². The highest BCUT2D eigenvalue weighted by Crippen LogP contribution is 2.31. The van der Waals surface area contributed by atoms with Crippen LogP contribution in [-0.2, 0) is 0 Å². The topological polar surface area (TPSA) is 70.7 Å².